The molecule has 7 heteroatoms. The number of ketones is 1. The van der Waals surface area contributed by atoms with Gasteiger partial charge in [0.05, 0.1) is 15.7 Å². The number of carbonyl (C=O) groups excluding carboxylic acids is 2. The van der Waals surface area contributed by atoms with Crippen molar-refractivity contribution in [2.24, 2.45) is 0 Å². The molecule has 2 heterocycles. The van der Waals surface area contributed by atoms with Crippen molar-refractivity contribution in [3.05, 3.63) is 45.2 Å². The maximum Gasteiger partial charge on any atom is 0.216 e. The Morgan fingerprint density at radius 3 is 2.91 bits per heavy atom. The van der Waals surface area contributed by atoms with Crippen LogP contribution < -0.4 is 5.32 Å². The van der Waals surface area contributed by atoms with Gasteiger partial charge in [0.1, 0.15) is 5.03 Å². The first kappa shape index (κ1) is 17.0. The number of Topliss-reactive ketones (excluding diaryl/α,β-unsaturated/α-hetero) is 1. The third-order valence-corrected chi connectivity index (χ3v) is 5.35. The number of thioether (sulfide) groups is 1. The Bertz CT molecular complexity index is 673. The van der Waals surface area contributed by atoms with Crippen molar-refractivity contribution < 1.29 is 9.59 Å². The quantitative estimate of drug-likeness (QED) is 0.611. The molecule has 0 aliphatic rings. The molecule has 1 amide bonds. The summed E-state index contributed by atoms with van der Waals surface area (Å²) in [4.78, 5) is 28.9. The number of amides is 1. The summed E-state index contributed by atoms with van der Waals surface area (Å²) in [6.07, 6.45) is 2.39. The lowest BCUT2D eigenvalue weighted by Gasteiger charge is -2.01. The highest BCUT2D eigenvalue weighted by molar-refractivity contribution is 8.00. The van der Waals surface area contributed by atoms with Crippen molar-refractivity contribution in [1.29, 1.82) is 0 Å². The molecule has 22 heavy (non-hydrogen) atoms. The standard InChI is InChI=1S/C15H15ClN2O2S2/c1-10(19)17-8-6-11-4-5-14(22-11)13(20)9-21-15-12(16)3-2-7-18-15/h2-5,7H,6,8-9H2,1H3,(H,17,19). The summed E-state index contributed by atoms with van der Waals surface area (Å²) in [6, 6.07) is 7.27. The highest BCUT2D eigenvalue weighted by Crippen LogP contribution is 2.26. The van der Waals surface area contributed by atoms with Crippen molar-refractivity contribution in [2.75, 3.05) is 12.3 Å². The number of nitrogens with zero attached hydrogens (tertiary/aromatic N) is 1. The Balaban J connectivity index is 1.86. The van der Waals surface area contributed by atoms with E-state index in [1.807, 2.05) is 12.1 Å². The van der Waals surface area contributed by atoms with E-state index in [1.54, 1.807) is 18.3 Å². The Morgan fingerprint density at radius 1 is 1.36 bits per heavy atom. The van der Waals surface area contributed by atoms with Gasteiger partial charge in [-0.3, -0.25) is 9.59 Å². The van der Waals surface area contributed by atoms with E-state index in [1.165, 1.54) is 30.0 Å². The molecule has 0 aromatic carbocycles. The molecule has 0 atom stereocenters. The van der Waals surface area contributed by atoms with E-state index in [0.717, 1.165) is 16.2 Å². The third-order valence-electron chi connectivity index (χ3n) is 2.75. The Labute approximate surface area is 142 Å². The van der Waals surface area contributed by atoms with Gasteiger partial charge in [0, 0.05) is 24.5 Å². The highest BCUT2D eigenvalue weighted by Gasteiger charge is 2.11. The fourth-order valence-electron chi connectivity index (χ4n) is 1.71. The minimum atomic E-state index is -0.0449. The Kier molecular flexibility index (Phi) is 6.42. The highest BCUT2D eigenvalue weighted by atomic mass is 35.5. The lowest BCUT2D eigenvalue weighted by atomic mass is 10.3. The van der Waals surface area contributed by atoms with E-state index in [-0.39, 0.29) is 11.7 Å². The van der Waals surface area contributed by atoms with Crippen LogP contribution >= 0.6 is 34.7 Å². The first-order valence-electron chi connectivity index (χ1n) is 6.66. The van der Waals surface area contributed by atoms with Gasteiger partial charge >= 0.3 is 0 Å². The fraction of sp³-hybridized carbons (Fsp3) is 0.267. The fourth-order valence-corrected chi connectivity index (χ4v) is 3.79. The van der Waals surface area contributed by atoms with Crippen molar-refractivity contribution in [3.63, 3.8) is 0 Å². The summed E-state index contributed by atoms with van der Waals surface area (Å²) < 4.78 is 0. The molecule has 116 valence electrons. The molecule has 2 aromatic heterocycles. The number of hydrogen-bond acceptors (Lipinski definition) is 5. The smallest absolute Gasteiger partial charge is 0.216 e. The first-order valence-corrected chi connectivity index (χ1v) is 8.84. The minimum Gasteiger partial charge on any atom is -0.356 e. The molecule has 0 aliphatic carbocycles. The molecule has 0 fully saturated rings. The minimum absolute atomic E-state index is 0.0449. The summed E-state index contributed by atoms with van der Waals surface area (Å²) in [5, 5.41) is 3.97. The zero-order valence-corrected chi connectivity index (χ0v) is 14.4. The second-order valence-corrected chi connectivity index (χ2v) is 7.04. The maximum absolute atomic E-state index is 12.2. The number of pyridine rings is 1. The van der Waals surface area contributed by atoms with Crippen LogP contribution in [0.3, 0.4) is 0 Å². The lowest BCUT2D eigenvalue weighted by Crippen LogP contribution is -2.22. The van der Waals surface area contributed by atoms with Crippen LogP contribution in [-0.4, -0.2) is 29.0 Å². The molecule has 0 saturated heterocycles. The molecule has 2 aromatic rings. The second-order valence-electron chi connectivity index (χ2n) is 4.50. The predicted octanol–water partition coefficient (Wildman–Crippen LogP) is 3.45. The van der Waals surface area contributed by atoms with Gasteiger partial charge < -0.3 is 5.32 Å². The van der Waals surface area contributed by atoms with Gasteiger partial charge in [0.2, 0.25) is 5.91 Å². The molecular formula is C15H15ClN2O2S2. The van der Waals surface area contributed by atoms with Gasteiger partial charge in [-0.1, -0.05) is 23.4 Å². The zero-order valence-electron chi connectivity index (χ0n) is 12.0. The van der Waals surface area contributed by atoms with E-state index < -0.39 is 0 Å². The summed E-state index contributed by atoms with van der Waals surface area (Å²) in [5.41, 5.74) is 0. The van der Waals surface area contributed by atoms with Gasteiger partial charge in [-0.15, -0.1) is 11.3 Å². The van der Waals surface area contributed by atoms with Crippen molar-refractivity contribution in [1.82, 2.24) is 10.3 Å². The third kappa shape index (κ3) is 5.12. The van der Waals surface area contributed by atoms with Gasteiger partial charge in [0.25, 0.3) is 0 Å². The molecule has 1 N–H and O–H groups in total. The number of aromatic nitrogens is 1. The Hall–Kier alpha value is -1.37. The average molecular weight is 355 g/mol. The second kappa shape index (κ2) is 8.31. The van der Waals surface area contributed by atoms with E-state index in [4.69, 9.17) is 11.6 Å². The SMILES string of the molecule is CC(=O)NCCc1ccc(C(=O)CSc2ncccc2Cl)s1. The van der Waals surface area contributed by atoms with E-state index in [2.05, 4.69) is 10.3 Å². The van der Waals surface area contributed by atoms with Gasteiger partial charge in [-0.2, -0.15) is 0 Å². The lowest BCUT2D eigenvalue weighted by molar-refractivity contribution is -0.118. The van der Waals surface area contributed by atoms with E-state index in [9.17, 15) is 9.59 Å². The summed E-state index contributed by atoms with van der Waals surface area (Å²) in [7, 11) is 0. The molecule has 0 radical (unpaired) electrons. The number of carbonyl (C=O) groups is 2. The van der Waals surface area contributed by atoms with Crippen molar-refractivity contribution in [2.45, 2.75) is 18.4 Å². The predicted molar refractivity (Wildman–Crippen MR) is 91.0 cm³/mol. The number of thiophene rings is 1. The largest absolute Gasteiger partial charge is 0.356 e. The molecule has 0 saturated carbocycles. The molecule has 0 spiro atoms. The normalized spacial score (nSPS) is 10.5. The molecule has 0 aliphatic heterocycles. The molecule has 0 bridgehead atoms. The van der Waals surface area contributed by atoms with Crippen molar-refractivity contribution in [3.8, 4) is 0 Å². The molecule has 0 unspecified atom stereocenters. The van der Waals surface area contributed by atoms with Crippen LogP contribution in [0.15, 0.2) is 35.5 Å². The molecule has 4 nitrogen and oxygen atoms in total. The van der Waals surface area contributed by atoms with Crippen LogP contribution in [0.25, 0.3) is 0 Å². The van der Waals surface area contributed by atoms with Crippen LogP contribution in [0.5, 0.6) is 0 Å². The zero-order chi connectivity index (χ0) is 15.9. The summed E-state index contributed by atoms with van der Waals surface area (Å²) in [6.45, 7) is 2.07. The van der Waals surface area contributed by atoms with Crippen LogP contribution in [0.1, 0.15) is 21.5 Å². The van der Waals surface area contributed by atoms with E-state index in [0.29, 0.717) is 22.3 Å². The van der Waals surface area contributed by atoms with Crippen LogP contribution in [-0.2, 0) is 11.2 Å². The number of nitrogens with one attached hydrogen (secondary N) is 1. The number of hydrogen-bond donors (Lipinski definition) is 1. The summed E-state index contributed by atoms with van der Waals surface area (Å²) >= 11 is 8.82. The topological polar surface area (TPSA) is 59.1 Å². The number of halogens is 1. The monoisotopic (exact) mass is 354 g/mol. The van der Waals surface area contributed by atoms with Crippen LogP contribution in [0, 0.1) is 0 Å². The molecule has 2 rings (SSSR count). The Morgan fingerprint density at radius 2 is 2.18 bits per heavy atom. The summed E-state index contributed by atoms with van der Waals surface area (Å²) in [5.74, 6) is 0.321. The molecular weight excluding hydrogens is 340 g/mol. The van der Waals surface area contributed by atoms with E-state index >= 15 is 0 Å². The van der Waals surface area contributed by atoms with Crippen molar-refractivity contribution >= 4 is 46.4 Å². The van der Waals surface area contributed by atoms with Crippen LogP contribution in [0.2, 0.25) is 5.02 Å². The maximum atomic E-state index is 12.2. The average Bonchev–Trinajstić information content (AvgIpc) is 2.94. The van der Waals surface area contributed by atoms with Gasteiger partial charge in [-0.05, 0) is 30.7 Å². The first-order chi connectivity index (χ1) is 10.6. The van der Waals surface area contributed by atoms with Gasteiger partial charge in [-0.25, -0.2) is 4.98 Å². The van der Waals surface area contributed by atoms with Gasteiger partial charge in [0.15, 0.2) is 5.78 Å². The van der Waals surface area contributed by atoms with Crippen LogP contribution in [0.4, 0.5) is 0 Å². The number of rotatable bonds is 7.